The molecule has 2 atom stereocenters. The van der Waals surface area contributed by atoms with Crippen molar-refractivity contribution in [3.63, 3.8) is 0 Å². The van der Waals surface area contributed by atoms with Crippen LogP contribution in [0.3, 0.4) is 0 Å². The second kappa shape index (κ2) is 6.17. The average molecular weight is 261 g/mol. The maximum Gasteiger partial charge on any atom is 0.111 e. The number of hydrogen-bond donors (Lipinski definition) is 1. The van der Waals surface area contributed by atoms with E-state index in [2.05, 4.69) is 29.6 Å². The second-order valence-corrected chi connectivity index (χ2v) is 5.16. The summed E-state index contributed by atoms with van der Waals surface area (Å²) in [6.45, 7) is 2.07. The van der Waals surface area contributed by atoms with Gasteiger partial charge < -0.3 is 15.0 Å². The maximum absolute atomic E-state index is 6.19. The third kappa shape index (κ3) is 3.33. The summed E-state index contributed by atoms with van der Waals surface area (Å²) < 4.78 is 7.38. The van der Waals surface area contributed by atoms with Gasteiger partial charge in [-0.1, -0.05) is 12.1 Å². The molecular formula is C15H23N3O. The van der Waals surface area contributed by atoms with Gasteiger partial charge in [0.2, 0.25) is 0 Å². The number of ether oxygens (including phenoxy) is 1. The standard InChI is InChI=1S/C15H23N3O/c1-11(19-3)8-9-12(16)10-15-17-13-6-4-5-7-14(13)18(15)2/h4-7,11-12H,8-10,16H2,1-3H3. The molecule has 0 aliphatic heterocycles. The van der Waals surface area contributed by atoms with Crippen LogP contribution >= 0.6 is 0 Å². The van der Waals surface area contributed by atoms with Crippen LogP contribution in [0.1, 0.15) is 25.6 Å². The van der Waals surface area contributed by atoms with E-state index < -0.39 is 0 Å². The minimum Gasteiger partial charge on any atom is -0.382 e. The van der Waals surface area contributed by atoms with Crippen LogP contribution in [0, 0.1) is 0 Å². The van der Waals surface area contributed by atoms with Gasteiger partial charge in [0.05, 0.1) is 17.1 Å². The molecule has 0 radical (unpaired) electrons. The molecule has 1 heterocycles. The summed E-state index contributed by atoms with van der Waals surface area (Å²) in [6, 6.07) is 8.31. The molecule has 1 aromatic heterocycles. The molecule has 19 heavy (non-hydrogen) atoms. The molecule has 0 spiro atoms. The minimum atomic E-state index is 0.133. The number of para-hydroxylation sites is 2. The fourth-order valence-corrected chi connectivity index (χ4v) is 2.28. The van der Waals surface area contributed by atoms with Crippen LogP contribution in [0.25, 0.3) is 11.0 Å². The molecule has 2 unspecified atom stereocenters. The van der Waals surface area contributed by atoms with Crippen molar-refractivity contribution in [2.45, 2.75) is 38.3 Å². The van der Waals surface area contributed by atoms with Crippen molar-refractivity contribution < 1.29 is 4.74 Å². The first-order valence-electron chi connectivity index (χ1n) is 6.80. The van der Waals surface area contributed by atoms with E-state index in [1.807, 2.05) is 18.2 Å². The van der Waals surface area contributed by atoms with Crippen molar-refractivity contribution in [3.05, 3.63) is 30.1 Å². The molecule has 104 valence electrons. The number of aryl methyl sites for hydroxylation is 1. The van der Waals surface area contributed by atoms with E-state index in [0.717, 1.165) is 36.1 Å². The predicted molar refractivity (Wildman–Crippen MR) is 78.1 cm³/mol. The van der Waals surface area contributed by atoms with Gasteiger partial charge in [-0.05, 0) is 31.9 Å². The molecule has 1 aromatic carbocycles. The Bertz CT molecular complexity index is 535. The molecule has 0 saturated carbocycles. The number of rotatable bonds is 6. The monoisotopic (exact) mass is 261 g/mol. The number of benzene rings is 1. The Kier molecular flexibility index (Phi) is 4.56. The highest BCUT2D eigenvalue weighted by molar-refractivity contribution is 5.75. The number of aromatic nitrogens is 2. The lowest BCUT2D eigenvalue weighted by atomic mass is 10.1. The number of nitrogens with two attached hydrogens (primary N) is 1. The number of methoxy groups -OCH3 is 1. The number of nitrogens with zero attached hydrogens (tertiary/aromatic N) is 2. The lowest BCUT2D eigenvalue weighted by Gasteiger charge is -2.14. The van der Waals surface area contributed by atoms with E-state index in [0.29, 0.717) is 0 Å². The zero-order valence-electron chi connectivity index (χ0n) is 12.0. The Morgan fingerprint density at radius 1 is 1.32 bits per heavy atom. The summed E-state index contributed by atoms with van der Waals surface area (Å²) in [5.41, 5.74) is 8.39. The molecule has 0 bridgehead atoms. The van der Waals surface area contributed by atoms with Gasteiger partial charge in [0.1, 0.15) is 5.82 Å². The molecule has 4 heteroatoms. The van der Waals surface area contributed by atoms with Gasteiger partial charge in [-0.3, -0.25) is 0 Å². The Hall–Kier alpha value is -1.39. The van der Waals surface area contributed by atoms with Crippen molar-refractivity contribution in [1.29, 1.82) is 0 Å². The normalized spacial score (nSPS) is 14.7. The van der Waals surface area contributed by atoms with Crippen molar-refractivity contribution in [1.82, 2.24) is 9.55 Å². The van der Waals surface area contributed by atoms with Crippen molar-refractivity contribution in [2.24, 2.45) is 12.8 Å². The quantitative estimate of drug-likeness (QED) is 0.867. The van der Waals surface area contributed by atoms with E-state index in [1.165, 1.54) is 0 Å². The molecule has 2 rings (SSSR count). The molecular weight excluding hydrogens is 238 g/mol. The highest BCUT2D eigenvalue weighted by Crippen LogP contribution is 2.16. The number of fused-ring (bicyclic) bond motifs is 1. The van der Waals surface area contributed by atoms with Crippen LogP contribution in [0.2, 0.25) is 0 Å². The third-order valence-corrected chi connectivity index (χ3v) is 3.67. The smallest absolute Gasteiger partial charge is 0.111 e. The Morgan fingerprint density at radius 2 is 2.05 bits per heavy atom. The predicted octanol–water partition coefficient (Wildman–Crippen LogP) is 2.26. The zero-order chi connectivity index (χ0) is 13.8. The molecule has 4 nitrogen and oxygen atoms in total. The van der Waals surface area contributed by atoms with Crippen LogP contribution in [0.5, 0.6) is 0 Å². The summed E-state index contributed by atoms with van der Waals surface area (Å²) in [7, 11) is 3.79. The van der Waals surface area contributed by atoms with Gasteiger partial charge >= 0.3 is 0 Å². The SMILES string of the molecule is COC(C)CCC(N)Cc1nc2ccccc2n1C. The molecule has 2 aromatic rings. The Morgan fingerprint density at radius 3 is 2.74 bits per heavy atom. The fourth-order valence-electron chi connectivity index (χ4n) is 2.28. The van der Waals surface area contributed by atoms with E-state index in [1.54, 1.807) is 7.11 Å². The summed E-state index contributed by atoms with van der Waals surface area (Å²) in [5.74, 6) is 1.05. The average Bonchev–Trinajstić information content (AvgIpc) is 2.73. The van der Waals surface area contributed by atoms with Gasteiger partial charge in [-0.2, -0.15) is 0 Å². The topological polar surface area (TPSA) is 53.1 Å². The van der Waals surface area contributed by atoms with Crippen LogP contribution < -0.4 is 5.73 Å². The highest BCUT2D eigenvalue weighted by Gasteiger charge is 2.12. The highest BCUT2D eigenvalue weighted by atomic mass is 16.5. The maximum atomic E-state index is 6.19. The van der Waals surface area contributed by atoms with Gasteiger partial charge in [0.25, 0.3) is 0 Å². The molecule has 2 N–H and O–H groups in total. The largest absolute Gasteiger partial charge is 0.382 e. The molecule has 0 aliphatic carbocycles. The summed E-state index contributed by atoms with van der Waals surface area (Å²) in [6.07, 6.45) is 3.02. The molecule has 0 saturated heterocycles. The fraction of sp³-hybridized carbons (Fsp3) is 0.533. The Labute approximate surface area is 114 Å². The van der Waals surface area contributed by atoms with Crippen molar-refractivity contribution in [3.8, 4) is 0 Å². The van der Waals surface area contributed by atoms with E-state index in [-0.39, 0.29) is 12.1 Å². The van der Waals surface area contributed by atoms with Crippen LogP contribution in [-0.4, -0.2) is 28.8 Å². The first kappa shape index (κ1) is 14.0. The Balaban J connectivity index is 2.02. The first-order valence-corrected chi connectivity index (χ1v) is 6.80. The minimum absolute atomic E-state index is 0.133. The van der Waals surface area contributed by atoms with E-state index in [9.17, 15) is 0 Å². The third-order valence-electron chi connectivity index (χ3n) is 3.67. The summed E-state index contributed by atoms with van der Waals surface area (Å²) >= 11 is 0. The summed E-state index contributed by atoms with van der Waals surface area (Å²) in [4.78, 5) is 4.65. The zero-order valence-corrected chi connectivity index (χ0v) is 12.0. The molecule has 0 aliphatic rings. The van der Waals surface area contributed by atoms with Gasteiger partial charge in [0, 0.05) is 26.6 Å². The molecule has 0 amide bonds. The first-order chi connectivity index (χ1) is 9.11. The lowest BCUT2D eigenvalue weighted by molar-refractivity contribution is 0.107. The van der Waals surface area contributed by atoms with Gasteiger partial charge in [0.15, 0.2) is 0 Å². The molecule has 0 fully saturated rings. The van der Waals surface area contributed by atoms with Crippen molar-refractivity contribution >= 4 is 11.0 Å². The number of imidazole rings is 1. The van der Waals surface area contributed by atoms with E-state index in [4.69, 9.17) is 10.5 Å². The van der Waals surface area contributed by atoms with E-state index >= 15 is 0 Å². The number of hydrogen-bond acceptors (Lipinski definition) is 3. The van der Waals surface area contributed by atoms with Crippen molar-refractivity contribution in [2.75, 3.05) is 7.11 Å². The summed E-state index contributed by atoms with van der Waals surface area (Å²) in [5, 5.41) is 0. The van der Waals surface area contributed by atoms with Gasteiger partial charge in [-0.25, -0.2) is 4.98 Å². The second-order valence-electron chi connectivity index (χ2n) is 5.16. The lowest BCUT2D eigenvalue weighted by Crippen LogP contribution is -2.26. The van der Waals surface area contributed by atoms with Crippen LogP contribution in [0.4, 0.5) is 0 Å². The van der Waals surface area contributed by atoms with Crippen LogP contribution in [-0.2, 0) is 18.2 Å². The van der Waals surface area contributed by atoms with Crippen LogP contribution in [0.15, 0.2) is 24.3 Å². The van der Waals surface area contributed by atoms with Gasteiger partial charge in [-0.15, -0.1) is 0 Å².